The van der Waals surface area contributed by atoms with Gasteiger partial charge in [0.1, 0.15) is 12.1 Å². The van der Waals surface area contributed by atoms with E-state index in [0.29, 0.717) is 23.4 Å². The largest absolute Gasteiger partial charge is 0.493 e. The Balaban J connectivity index is 1.59. The Hall–Kier alpha value is -4.07. The van der Waals surface area contributed by atoms with E-state index >= 15 is 0 Å². The Labute approximate surface area is 177 Å². The molecule has 0 radical (unpaired) electrons. The number of nitrogens with one attached hydrogen (secondary N) is 1. The topological polar surface area (TPSA) is 99.8 Å². The maximum Gasteiger partial charge on any atom is 0.349 e. The molecule has 0 fully saturated rings. The first kappa shape index (κ1) is 20.2. The molecular formula is C23H20N2O6. The van der Waals surface area contributed by atoms with Crippen molar-refractivity contribution in [1.82, 2.24) is 4.57 Å². The fraction of sp³-hybridized carbons (Fsp3) is 0.174. The summed E-state index contributed by atoms with van der Waals surface area (Å²) in [6.45, 7) is 2.18. The number of nitrogens with zero attached hydrogens (tertiary/aromatic N) is 1. The predicted molar refractivity (Wildman–Crippen MR) is 116 cm³/mol. The fourth-order valence-corrected chi connectivity index (χ4v) is 3.40. The third-order valence-corrected chi connectivity index (χ3v) is 4.82. The second-order valence-corrected chi connectivity index (χ2v) is 6.80. The minimum Gasteiger partial charge on any atom is -0.493 e. The first-order valence-electron chi connectivity index (χ1n) is 9.67. The number of carbonyl (C=O) groups is 2. The molecule has 0 atom stereocenters. The van der Waals surface area contributed by atoms with Gasteiger partial charge in [-0.15, -0.1) is 0 Å². The molecule has 0 bridgehead atoms. The summed E-state index contributed by atoms with van der Waals surface area (Å²) >= 11 is 0. The van der Waals surface area contributed by atoms with E-state index in [9.17, 15) is 14.4 Å². The average Bonchev–Trinajstić information content (AvgIpc) is 3.14. The van der Waals surface area contributed by atoms with Gasteiger partial charge in [0, 0.05) is 28.2 Å². The van der Waals surface area contributed by atoms with Crippen LogP contribution in [-0.2, 0) is 16.1 Å². The monoisotopic (exact) mass is 420 g/mol. The van der Waals surface area contributed by atoms with Gasteiger partial charge in [-0.1, -0.05) is 12.1 Å². The van der Waals surface area contributed by atoms with E-state index in [1.165, 1.54) is 13.2 Å². The standard InChI is InChI=1S/C23H20N2O6/c1-3-30-20(26)13-25-10-9-14-11-16(7-8-18(14)25)24-22(27)17-12-15-5-4-6-19(29-2)21(15)31-23(17)28/h4-12H,3,13H2,1-2H3,(H,24,27). The number of aromatic nitrogens is 1. The lowest BCUT2D eigenvalue weighted by Gasteiger charge is -2.08. The molecule has 0 saturated carbocycles. The van der Waals surface area contributed by atoms with E-state index in [4.69, 9.17) is 13.9 Å². The van der Waals surface area contributed by atoms with Crippen LogP contribution in [-0.4, -0.2) is 30.2 Å². The van der Waals surface area contributed by atoms with Crippen molar-refractivity contribution in [2.24, 2.45) is 0 Å². The van der Waals surface area contributed by atoms with Crippen LogP contribution in [0.25, 0.3) is 21.9 Å². The summed E-state index contributed by atoms with van der Waals surface area (Å²) in [5.41, 5.74) is 0.757. The predicted octanol–water partition coefficient (Wildman–Crippen LogP) is 3.57. The van der Waals surface area contributed by atoms with Crippen LogP contribution < -0.4 is 15.7 Å². The number of anilines is 1. The third-order valence-electron chi connectivity index (χ3n) is 4.82. The Bertz CT molecular complexity index is 1350. The zero-order valence-electron chi connectivity index (χ0n) is 17.0. The molecule has 2 heterocycles. The Morgan fingerprint density at radius 3 is 2.71 bits per heavy atom. The summed E-state index contributed by atoms with van der Waals surface area (Å²) in [6, 6.07) is 13.7. The molecule has 0 saturated heterocycles. The number of hydrogen-bond acceptors (Lipinski definition) is 6. The fourth-order valence-electron chi connectivity index (χ4n) is 3.40. The molecule has 1 N–H and O–H groups in total. The molecule has 1 amide bonds. The van der Waals surface area contributed by atoms with Gasteiger partial charge >= 0.3 is 11.6 Å². The normalized spacial score (nSPS) is 10.9. The maximum atomic E-state index is 12.7. The number of amides is 1. The number of para-hydroxylation sites is 1. The zero-order chi connectivity index (χ0) is 22.0. The van der Waals surface area contributed by atoms with Crippen molar-refractivity contribution >= 4 is 39.4 Å². The molecule has 158 valence electrons. The first-order valence-corrected chi connectivity index (χ1v) is 9.67. The number of esters is 1. The molecule has 4 rings (SSSR count). The number of carbonyl (C=O) groups excluding carboxylic acids is 2. The van der Waals surface area contributed by atoms with E-state index in [2.05, 4.69) is 5.32 Å². The van der Waals surface area contributed by atoms with Gasteiger partial charge in [-0.3, -0.25) is 9.59 Å². The molecule has 0 unspecified atom stereocenters. The van der Waals surface area contributed by atoms with Crippen LogP contribution in [0.4, 0.5) is 5.69 Å². The van der Waals surface area contributed by atoms with Crippen molar-refractivity contribution in [3.05, 3.63) is 70.7 Å². The van der Waals surface area contributed by atoms with Crippen LogP contribution in [0.15, 0.2) is 63.9 Å². The minimum atomic E-state index is -0.754. The van der Waals surface area contributed by atoms with Gasteiger partial charge in [0.15, 0.2) is 11.3 Å². The molecule has 31 heavy (non-hydrogen) atoms. The van der Waals surface area contributed by atoms with Crippen molar-refractivity contribution in [1.29, 1.82) is 0 Å². The van der Waals surface area contributed by atoms with Gasteiger partial charge < -0.3 is 23.8 Å². The van der Waals surface area contributed by atoms with E-state index in [1.807, 2.05) is 6.07 Å². The highest BCUT2D eigenvalue weighted by molar-refractivity contribution is 6.06. The van der Waals surface area contributed by atoms with Crippen LogP contribution in [0.3, 0.4) is 0 Å². The van der Waals surface area contributed by atoms with Gasteiger partial charge in [-0.2, -0.15) is 0 Å². The average molecular weight is 420 g/mol. The molecule has 0 aliphatic carbocycles. The second kappa shape index (κ2) is 8.35. The second-order valence-electron chi connectivity index (χ2n) is 6.80. The van der Waals surface area contributed by atoms with Crippen molar-refractivity contribution in [3.8, 4) is 5.75 Å². The Morgan fingerprint density at radius 1 is 1.10 bits per heavy atom. The van der Waals surface area contributed by atoms with Crippen LogP contribution in [0.2, 0.25) is 0 Å². The van der Waals surface area contributed by atoms with E-state index in [1.54, 1.807) is 54.1 Å². The van der Waals surface area contributed by atoms with Gasteiger partial charge in [0.05, 0.1) is 13.7 Å². The van der Waals surface area contributed by atoms with E-state index in [0.717, 1.165) is 10.9 Å². The highest BCUT2D eigenvalue weighted by Gasteiger charge is 2.16. The summed E-state index contributed by atoms with van der Waals surface area (Å²) in [7, 11) is 1.48. The molecule has 0 aliphatic heterocycles. The molecular weight excluding hydrogens is 400 g/mol. The Kier molecular flexibility index (Phi) is 5.44. The van der Waals surface area contributed by atoms with Crippen LogP contribution in [0.1, 0.15) is 17.3 Å². The lowest BCUT2D eigenvalue weighted by molar-refractivity contribution is -0.143. The quantitative estimate of drug-likeness (QED) is 0.378. The van der Waals surface area contributed by atoms with Gasteiger partial charge in [0.25, 0.3) is 5.91 Å². The SMILES string of the molecule is CCOC(=O)Cn1ccc2cc(NC(=O)c3cc4cccc(OC)c4oc3=O)ccc21. The van der Waals surface area contributed by atoms with Crippen molar-refractivity contribution in [3.63, 3.8) is 0 Å². The number of rotatable bonds is 6. The summed E-state index contributed by atoms with van der Waals surface area (Å²) < 4.78 is 17.3. The van der Waals surface area contributed by atoms with Gasteiger partial charge in [0.2, 0.25) is 0 Å². The zero-order valence-corrected chi connectivity index (χ0v) is 17.0. The van der Waals surface area contributed by atoms with Crippen LogP contribution in [0, 0.1) is 0 Å². The Morgan fingerprint density at radius 2 is 1.94 bits per heavy atom. The number of fused-ring (bicyclic) bond motifs is 2. The summed E-state index contributed by atoms with van der Waals surface area (Å²) in [5.74, 6) is -0.486. The molecule has 4 aromatic rings. The van der Waals surface area contributed by atoms with Crippen molar-refractivity contribution in [2.45, 2.75) is 13.5 Å². The van der Waals surface area contributed by atoms with Crippen LogP contribution >= 0.6 is 0 Å². The van der Waals surface area contributed by atoms with E-state index < -0.39 is 11.5 Å². The van der Waals surface area contributed by atoms with E-state index in [-0.39, 0.29) is 23.7 Å². The smallest absolute Gasteiger partial charge is 0.349 e. The molecule has 8 nitrogen and oxygen atoms in total. The summed E-state index contributed by atoms with van der Waals surface area (Å²) in [4.78, 5) is 36.8. The number of ether oxygens (including phenoxy) is 2. The van der Waals surface area contributed by atoms with Gasteiger partial charge in [-0.25, -0.2) is 4.79 Å². The number of methoxy groups -OCH3 is 1. The number of benzene rings is 2. The minimum absolute atomic E-state index is 0.102. The maximum absolute atomic E-state index is 12.7. The summed E-state index contributed by atoms with van der Waals surface area (Å²) in [6.07, 6.45) is 1.78. The molecule has 0 spiro atoms. The third kappa shape index (κ3) is 4.00. The molecule has 2 aromatic heterocycles. The van der Waals surface area contributed by atoms with Crippen molar-refractivity contribution < 1.29 is 23.5 Å². The number of hydrogen-bond donors (Lipinski definition) is 1. The highest BCUT2D eigenvalue weighted by atomic mass is 16.5. The molecule has 0 aliphatic rings. The lowest BCUT2D eigenvalue weighted by Crippen LogP contribution is -2.20. The van der Waals surface area contributed by atoms with Gasteiger partial charge in [-0.05, 0) is 43.3 Å². The first-order chi connectivity index (χ1) is 15.0. The lowest BCUT2D eigenvalue weighted by atomic mass is 10.1. The van der Waals surface area contributed by atoms with Crippen LogP contribution in [0.5, 0.6) is 5.75 Å². The van der Waals surface area contributed by atoms with Crippen molar-refractivity contribution in [2.75, 3.05) is 19.0 Å². The molecule has 2 aromatic carbocycles. The summed E-state index contributed by atoms with van der Waals surface area (Å²) in [5, 5.41) is 4.13. The molecule has 8 heteroatoms. The highest BCUT2D eigenvalue weighted by Crippen LogP contribution is 2.25.